The van der Waals surface area contributed by atoms with Crippen LogP contribution in [0.2, 0.25) is 5.02 Å². The third kappa shape index (κ3) is 5.18. The maximum atomic E-state index is 12.2. The topological polar surface area (TPSA) is 50.4 Å². The fourth-order valence-electron chi connectivity index (χ4n) is 2.24. The number of carbonyl (C=O) groups is 1. The van der Waals surface area contributed by atoms with Crippen LogP contribution in [-0.4, -0.2) is 12.6 Å². The van der Waals surface area contributed by atoms with E-state index in [2.05, 4.69) is 10.6 Å². The zero-order valence-electron chi connectivity index (χ0n) is 13.3. The molecule has 2 aromatic carbocycles. The predicted octanol–water partition coefficient (Wildman–Crippen LogP) is 5.01. The van der Waals surface area contributed by atoms with Crippen molar-refractivity contribution in [3.05, 3.63) is 59.1 Å². The first-order valence-electron chi connectivity index (χ1n) is 7.68. The third-order valence-corrected chi connectivity index (χ3v) is 3.66. The first-order chi connectivity index (χ1) is 11.1. The molecule has 0 fully saturated rings. The molecule has 0 saturated carbocycles. The molecule has 2 rings (SSSR count). The van der Waals surface area contributed by atoms with Crippen LogP contribution in [0.5, 0.6) is 5.75 Å². The Hall–Kier alpha value is -2.20. The Morgan fingerprint density at radius 3 is 2.30 bits per heavy atom. The monoisotopic (exact) mass is 332 g/mol. The number of hydrogen-bond acceptors (Lipinski definition) is 2. The molecule has 0 bridgehead atoms. The summed E-state index contributed by atoms with van der Waals surface area (Å²) in [5.74, 6) is 0.783. The maximum absolute atomic E-state index is 12.2. The van der Waals surface area contributed by atoms with Crippen molar-refractivity contribution in [1.82, 2.24) is 5.32 Å². The van der Waals surface area contributed by atoms with E-state index in [0.717, 1.165) is 23.4 Å². The van der Waals surface area contributed by atoms with E-state index in [4.69, 9.17) is 16.3 Å². The van der Waals surface area contributed by atoms with Gasteiger partial charge in [0.15, 0.2) is 0 Å². The quantitative estimate of drug-likeness (QED) is 0.781. The molecule has 0 aliphatic heterocycles. The van der Waals surface area contributed by atoms with Gasteiger partial charge in [-0.05, 0) is 55.3 Å². The summed E-state index contributed by atoms with van der Waals surface area (Å²) in [6, 6.07) is 14.5. The minimum atomic E-state index is -0.240. The smallest absolute Gasteiger partial charge is 0.319 e. The molecule has 1 atom stereocenters. The Labute approximate surface area is 141 Å². The van der Waals surface area contributed by atoms with Crippen LogP contribution >= 0.6 is 11.6 Å². The number of benzene rings is 2. The molecule has 0 aliphatic carbocycles. The van der Waals surface area contributed by atoms with Gasteiger partial charge in [-0.3, -0.25) is 0 Å². The lowest BCUT2D eigenvalue weighted by Crippen LogP contribution is -2.32. The molecular formula is C18H21ClN2O2. The predicted molar refractivity (Wildman–Crippen MR) is 94.2 cm³/mol. The maximum Gasteiger partial charge on any atom is 0.319 e. The van der Waals surface area contributed by atoms with Crippen molar-refractivity contribution in [2.24, 2.45) is 0 Å². The van der Waals surface area contributed by atoms with E-state index < -0.39 is 0 Å². The number of rotatable bonds is 6. The summed E-state index contributed by atoms with van der Waals surface area (Å²) in [5.41, 5.74) is 1.75. The lowest BCUT2D eigenvalue weighted by molar-refractivity contribution is 0.248. The van der Waals surface area contributed by atoms with E-state index in [1.54, 1.807) is 0 Å². The van der Waals surface area contributed by atoms with Crippen molar-refractivity contribution < 1.29 is 9.53 Å². The SMILES string of the molecule is CCOc1ccc(NC(=O)NC(CC)c2ccc(Cl)cc2)cc1. The molecular weight excluding hydrogens is 312 g/mol. The van der Waals surface area contributed by atoms with Crippen LogP contribution in [0.4, 0.5) is 10.5 Å². The van der Waals surface area contributed by atoms with Gasteiger partial charge < -0.3 is 15.4 Å². The summed E-state index contributed by atoms with van der Waals surface area (Å²) in [7, 11) is 0. The van der Waals surface area contributed by atoms with Gasteiger partial charge in [0.25, 0.3) is 0 Å². The minimum Gasteiger partial charge on any atom is -0.494 e. The van der Waals surface area contributed by atoms with Gasteiger partial charge in [0.05, 0.1) is 12.6 Å². The lowest BCUT2D eigenvalue weighted by Gasteiger charge is -2.18. The van der Waals surface area contributed by atoms with Crippen LogP contribution in [-0.2, 0) is 0 Å². The fourth-order valence-corrected chi connectivity index (χ4v) is 2.37. The van der Waals surface area contributed by atoms with Gasteiger partial charge in [0.1, 0.15) is 5.75 Å². The summed E-state index contributed by atoms with van der Waals surface area (Å²) < 4.78 is 5.38. The summed E-state index contributed by atoms with van der Waals surface area (Å²) >= 11 is 5.90. The van der Waals surface area contributed by atoms with E-state index in [1.807, 2.05) is 62.4 Å². The Morgan fingerprint density at radius 1 is 1.09 bits per heavy atom. The lowest BCUT2D eigenvalue weighted by atomic mass is 10.1. The van der Waals surface area contributed by atoms with Gasteiger partial charge in [0, 0.05) is 10.7 Å². The fraction of sp³-hybridized carbons (Fsp3) is 0.278. The van der Waals surface area contributed by atoms with Gasteiger partial charge >= 0.3 is 6.03 Å². The van der Waals surface area contributed by atoms with E-state index in [9.17, 15) is 4.79 Å². The number of amides is 2. The van der Waals surface area contributed by atoms with E-state index >= 15 is 0 Å². The van der Waals surface area contributed by atoms with Crippen molar-refractivity contribution in [3.8, 4) is 5.75 Å². The molecule has 0 spiro atoms. The van der Waals surface area contributed by atoms with Gasteiger partial charge in [-0.1, -0.05) is 30.7 Å². The molecule has 0 aliphatic rings. The number of nitrogens with one attached hydrogen (secondary N) is 2. The summed E-state index contributed by atoms with van der Waals surface area (Å²) in [4.78, 5) is 12.2. The summed E-state index contributed by atoms with van der Waals surface area (Å²) in [5, 5.41) is 6.47. The summed E-state index contributed by atoms with van der Waals surface area (Å²) in [6.07, 6.45) is 0.790. The Morgan fingerprint density at radius 2 is 1.74 bits per heavy atom. The van der Waals surface area contributed by atoms with Gasteiger partial charge in [-0.2, -0.15) is 0 Å². The molecule has 122 valence electrons. The van der Waals surface area contributed by atoms with Gasteiger partial charge in [-0.25, -0.2) is 4.79 Å². The number of halogens is 1. The summed E-state index contributed by atoms with van der Waals surface area (Å²) in [6.45, 7) is 4.57. The van der Waals surface area contributed by atoms with E-state index in [0.29, 0.717) is 11.6 Å². The minimum absolute atomic E-state index is 0.0602. The Kier molecular flexibility index (Phi) is 6.29. The number of urea groups is 1. The van der Waals surface area contributed by atoms with Crippen LogP contribution in [0, 0.1) is 0 Å². The van der Waals surface area contributed by atoms with Gasteiger partial charge in [0.2, 0.25) is 0 Å². The average Bonchev–Trinajstić information content (AvgIpc) is 2.56. The van der Waals surface area contributed by atoms with Crippen LogP contribution < -0.4 is 15.4 Å². The first-order valence-corrected chi connectivity index (χ1v) is 8.06. The molecule has 23 heavy (non-hydrogen) atoms. The van der Waals surface area contributed by atoms with Crippen molar-refractivity contribution in [2.45, 2.75) is 26.3 Å². The first kappa shape index (κ1) is 17.2. The Balaban J connectivity index is 1.95. The van der Waals surface area contributed by atoms with E-state index in [-0.39, 0.29) is 12.1 Å². The second-order valence-corrected chi connectivity index (χ2v) is 5.50. The molecule has 0 saturated heterocycles. The highest BCUT2D eigenvalue weighted by atomic mass is 35.5. The zero-order chi connectivity index (χ0) is 16.7. The molecule has 5 heteroatoms. The van der Waals surface area contributed by atoms with Crippen molar-refractivity contribution in [1.29, 1.82) is 0 Å². The van der Waals surface area contributed by atoms with Crippen molar-refractivity contribution in [2.75, 3.05) is 11.9 Å². The number of anilines is 1. The third-order valence-electron chi connectivity index (χ3n) is 3.41. The van der Waals surface area contributed by atoms with E-state index in [1.165, 1.54) is 0 Å². The van der Waals surface area contributed by atoms with Crippen LogP contribution in [0.25, 0.3) is 0 Å². The zero-order valence-corrected chi connectivity index (χ0v) is 14.1. The van der Waals surface area contributed by atoms with Crippen molar-refractivity contribution in [3.63, 3.8) is 0 Å². The highest BCUT2D eigenvalue weighted by Gasteiger charge is 2.12. The molecule has 1 unspecified atom stereocenters. The molecule has 0 heterocycles. The second-order valence-electron chi connectivity index (χ2n) is 5.07. The van der Waals surface area contributed by atoms with Crippen LogP contribution in [0.1, 0.15) is 31.9 Å². The van der Waals surface area contributed by atoms with Crippen molar-refractivity contribution >= 4 is 23.3 Å². The van der Waals surface area contributed by atoms with Crippen LogP contribution in [0.15, 0.2) is 48.5 Å². The molecule has 0 radical (unpaired) electrons. The molecule has 2 N–H and O–H groups in total. The second kappa shape index (κ2) is 8.44. The van der Waals surface area contributed by atoms with Crippen LogP contribution in [0.3, 0.4) is 0 Å². The standard InChI is InChI=1S/C18H21ClN2O2/c1-3-17(13-5-7-14(19)8-6-13)21-18(22)20-15-9-11-16(12-10-15)23-4-2/h5-12,17H,3-4H2,1-2H3,(H2,20,21,22). The largest absolute Gasteiger partial charge is 0.494 e. The number of ether oxygens (including phenoxy) is 1. The normalized spacial score (nSPS) is 11.6. The molecule has 4 nitrogen and oxygen atoms in total. The molecule has 0 aromatic heterocycles. The highest BCUT2D eigenvalue weighted by Crippen LogP contribution is 2.20. The average molecular weight is 333 g/mol. The molecule has 2 amide bonds. The molecule has 2 aromatic rings. The Bertz CT molecular complexity index is 626. The van der Waals surface area contributed by atoms with Gasteiger partial charge in [-0.15, -0.1) is 0 Å². The number of hydrogen-bond donors (Lipinski definition) is 2. The number of carbonyl (C=O) groups excluding carboxylic acids is 1. The highest BCUT2D eigenvalue weighted by molar-refractivity contribution is 6.30.